The van der Waals surface area contributed by atoms with Crippen LogP contribution in [0.2, 0.25) is 0 Å². The molecule has 0 unspecified atom stereocenters. The number of hydrogen-bond donors (Lipinski definition) is 1. The molecule has 1 saturated heterocycles. The van der Waals surface area contributed by atoms with Gasteiger partial charge in [0.2, 0.25) is 0 Å². The van der Waals surface area contributed by atoms with E-state index in [9.17, 15) is 0 Å². The fourth-order valence-corrected chi connectivity index (χ4v) is 4.42. The van der Waals surface area contributed by atoms with Crippen molar-refractivity contribution in [3.8, 4) is 11.5 Å². The third-order valence-electron chi connectivity index (χ3n) is 5.09. The highest BCUT2D eigenvalue weighted by molar-refractivity contribution is 7.80. The Kier molecular flexibility index (Phi) is 8.09. The molecule has 0 amide bonds. The van der Waals surface area contributed by atoms with Crippen LogP contribution in [0, 0.1) is 6.92 Å². The molecule has 158 valence electrons. The summed E-state index contributed by atoms with van der Waals surface area (Å²) in [5.41, 5.74) is 2.29. The van der Waals surface area contributed by atoms with E-state index < -0.39 is 0 Å². The van der Waals surface area contributed by atoms with Gasteiger partial charge in [0.15, 0.2) is 5.11 Å². The highest BCUT2D eigenvalue weighted by Gasteiger charge is 2.17. The van der Waals surface area contributed by atoms with E-state index in [1.807, 2.05) is 18.2 Å². The van der Waals surface area contributed by atoms with Crippen LogP contribution in [0.5, 0.6) is 11.5 Å². The van der Waals surface area contributed by atoms with Crippen molar-refractivity contribution in [1.29, 1.82) is 0 Å². The zero-order valence-electron chi connectivity index (χ0n) is 17.4. The second kappa shape index (κ2) is 10.8. The molecule has 29 heavy (non-hydrogen) atoms. The maximum absolute atomic E-state index is 5.66. The molecule has 1 aliphatic heterocycles. The third-order valence-corrected chi connectivity index (χ3v) is 6.31. The van der Waals surface area contributed by atoms with E-state index in [1.54, 1.807) is 25.6 Å². The summed E-state index contributed by atoms with van der Waals surface area (Å²) in [6.07, 6.45) is 1.93. The quantitative estimate of drug-likeness (QED) is 0.672. The Morgan fingerprint density at radius 1 is 1.21 bits per heavy atom. The van der Waals surface area contributed by atoms with Gasteiger partial charge in [-0.2, -0.15) is 0 Å². The summed E-state index contributed by atoms with van der Waals surface area (Å²) in [6, 6.07) is 5.88. The average Bonchev–Trinajstić information content (AvgIpc) is 2.99. The fraction of sp³-hybridized carbons (Fsp3) is 0.524. The normalized spacial score (nSPS) is 15.1. The number of aromatic nitrogens is 1. The van der Waals surface area contributed by atoms with Gasteiger partial charge in [0, 0.05) is 44.6 Å². The molecule has 2 heterocycles. The molecule has 3 rings (SSSR count). The van der Waals surface area contributed by atoms with Gasteiger partial charge >= 0.3 is 0 Å². The number of rotatable bonds is 7. The molecule has 0 saturated carbocycles. The summed E-state index contributed by atoms with van der Waals surface area (Å²) in [6.45, 7) is 7.76. The lowest BCUT2D eigenvalue weighted by atomic mass is 10.1. The van der Waals surface area contributed by atoms with Gasteiger partial charge < -0.3 is 19.7 Å². The number of thiazole rings is 1. The van der Waals surface area contributed by atoms with E-state index in [0.29, 0.717) is 0 Å². The predicted octanol–water partition coefficient (Wildman–Crippen LogP) is 3.09. The average molecular weight is 435 g/mol. The fourth-order valence-electron chi connectivity index (χ4n) is 3.54. The summed E-state index contributed by atoms with van der Waals surface area (Å²) in [4.78, 5) is 9.34. The number of nitrogens with one attached hydrogen (secondary N) is 1. The molecule has 0 atom stereocenters. The molecule has 8 heteroatoms. The molecule has 1 N–H and O–H groups in total. The Hall–Kier alpha value is -1.90. The first-order valence-electron chi connectivity index (χ1n) is 9.96. The Balaban J connectivity index is 1.46. The molecule has 1 aromatic carbocycles. The van der Waals surface area contributed by atoms with Gasteiger partial charge in [-0.3, -0.25) is 4.90 Å². The summed E-state index contributed by atoms with van der Waals surface area (Å²) >= 11 is 7.38. The van der Waals surface area contributed by atoms with Crippen LogP contribution in [0.15, 0.2) is 23.6 Å². The monoisotopic (exact) mass is 434 g/mol. The molecule has 0 bridgehead atoms. The Bertz CT molecular complexity index is 812. The summed E-state index contributed by atoms with van der Waals surface area (Å²) in [5, 5.41) is 7.55. The van der Waals surface area contributed by atoms with Gasteiger partial charge in [-0.15, -0.1) is 11.3 Å². The smallest absolute Gasteiger partial charge is 0.168 e. The van der Waals surface area contributed by atoms with Crippen molar-refractivity contribution in [2.24, 2.45) is 0 Å². The molecule has 1 fully saturated rings. The summed E-state index contributed by atoms with van der Waals surface area (Å²) in [7, 11) is 3.37. The number of methoxy groups -OCH3 is 2. The first-order valence-corrected chi connectivity index (χ1v) is 11.2. The lowest BCUT2D eigenvalue weighted by molar-refractivity contribution is 0.275. The van der Waals surface area contributed by atoms with E-state index in [2.05, 4.69) is 32.4 Å². The van der Waals surface area contributed by atoms with Gasteiger partial charge in [0.1, 0.15) is 11.5 Å². The molecule has 0 radical (unpaired) electrons. The molecule has 0 aliphatic carbocycles. The SMILES string of the molecule is COc1ccc(OC)c(CCNC(=S)N2CCCN(Cc3csc(C)n3)CC2)c1. The Labute approximate surface area is 182 Å². The van der Waals surface area contributed by atoms with E-state index in [-0.39, 0.29) is 0 Å². The summed E-state index contributed by atoms with van der Waals surface area (Å²) in [5.74, 6) is 1.72. The minimum Gasteiger partial charge on any atom is -0.497 e. The maximum atomic E-state index is 5.66. The Morgan fingerprint density at radius 3 is 2.79 bits per heavy atom. The van der Waals surface area contributed by atoms with Crippen molar-refractivity contribution >= 4 is 28.7 Å². The predicted molar refractivity (Wildman–Crippen MR) is 122 cm³/mol. The maximum Gasteiger partial charge on any atom is 0.168 e. The van der Waals surface area contributed by atoms with Crippen LogP contribution in [0.1, 0.15) is 22.7 Å². The third kappa shape index (κ3) is 6.29. The number of aryl methyl sites for hydroxylation is 1. The zero-order chi connectivity index (χ0) is 20.6. The van der Waals surface area contributed by atoms with Gasteiger partial charge in [0.05, 0.1) is 24.9 Å². The van der Waals surface area contributed by atoms with Crippen LogP contribution in [0.25, 0.3) is 0 Å². The zero-order valence-corrected chi connectivity index (χ0v) is 19.1. The van der Waals surface area contributed by atoms with Crippen LogP contribution in [0.3, 0.4) is 0 Å². The van der Waals surface area contributed by atoms with Crippen LogP contribution >= 0.6 is 23.6 Å². The molecule has 1 aliphatic rings. The van der Waals surface area contributed by atoms with Crippen molar-refractivity contribution in [2.75, 3.05) is 46.9 Å². The van der Waals surface area contributed by atoms with Gasteiger partial charge in [-0.05, 0) is 55.7 Å². The first-order chi connectivity index (χ1) is 14.1. The van der Waals surface area contributed by atoms with Crippen LogP contribution in [-0.4, -0.2) is 66.8 Å². The number of hydrogen-bond acceptors (Lipinski definition) is 6. The van der Waals surface area contributed by atoms with E-state index in [4.69, 9.17) is 21.7 Å². The second-order valence-electron chi connectivity index (χ2n) is 7.13. The number of nitrogens with zero attached hydrogens (tertiary/aromatic N) is 3. The highest BCUT2D eigenvalue weighted by Crippen LogP contribution is 2.24. The first kappa shape index (κ1) is 21.8. The van der Waals surface area contributed by atoms with Crippen LogP contribution < -0.4 is 14.8 Å². The molecular weight excluding hydrogens is 404 g/mol. The summed E-state index contributed by atoms with van der Waals surface area (Å²) < 4.78 is 10.8. The lowest BCUT2D eigenvalue weighted by Crippen LogP contribution is -2.42. The standard InChI is InChI=1S/C21H30N4O2S2/c1-16-23-18(15-29-16)14-24-9-4-10-25(12-11-24)21(28)22-8-7-17-13-19(26-2)5-6-20(17)27-3/h5-6,13,15H,4,7-12,14H2,1-3H3,(H,22,28). The van der Waals surface area contributed by atoms with Crippen LogP contribution in [-0.2, 0) is 13.0 Å². The van der Waals surface area contributed by atoms with Gasteiger partial charge in [0.25, 0.3) is 0 Å². The number of ether oxygens (including phenoxy) is 2. The van der Waals surface area contributed by atoms with Gasteiger partial charge in [-0.1, -0.05) is 0 Å². The van der Waals surface area contributed by atoms with Crippen molar-refractivity contribution in [3.05, 3.63) is 39.8 Å². The van der Waals surface area contributed by atoms with E-state index >= 15 is 0 Å². The number of benzene rings is 1. The number of thiocarbonyl (C=S) groups is 1. The van der Waals surface area contributed by atoms with Crippen molar-refractivity contribution in [2.45, 2.75) is 26.3 Å². The second-order valence-corrected chi connectivity index (χ2v) is 8.58. The Morgan fingerprint density at radius 2 is 2.07 bits per heavy atom. The topological polar surface area (TPSA) is 49.9 Å². The minimum absolute atomic E-state index is 0.765. The van der Waals surface area contributed by atoms with Gasteiger partial charge in [-0.25, -0.2) is 4.98 Å². The highest BCUT2D eigenvalue weighted by atomic mass is 32.1. The largest absolute Gasteiger partial charge is 0.497 e. The minimum atomic E-state index is 0.765. The molecule has 1 aromatic heterocycles. The molecule has 0 spiro atoms. The van der Waals surface area contributed by atoms with Crippen molar-refractivity contribution in [1.82, 2.24) is 20.1 Å². The lowest BCUT2D eigenvalue weighted by Gasteiger charge is -2.24. The molecule has 2 aromatic rings. The van der Waals surface area contributed by atoms with Crippen LogP contribution in [0.4, 0.5) is 0 Å². The molecule has 6 nitrogen and oxygen atoms in total. The van der Waals surface area contributed by atoms with E-state index in [1.165, 1.54) is 5.69 Å². The van der Waals surface area contributed by atoms with Crippen molar-refractivity contribution in [3.63, 3.8) is 0 Å². The van der Waals surface area contributed by atoms with E-state index in [0.717, 1.165) is 79.3 Å². The van der Waals surface area contributed by atoms with Crippen molar-refractivity contribution < 1.29 is 9.47 Å². The molecular formula is C21H30N4O2S2.